The molecular formula is C58H66ClFN10O7S. The molecule has 0 saturated carbocycles. The number of aliphatic hydroxyl groups excluding tert-OH is 1. The first-order valence-electron chi connectivity index (χ1n) is 26.1. The van der Waals surface area contributed by atoms with Gasteiger partial charge in [0.2, 0.25) is 29.5 Å². The van der Waals surface area contributed by atoms with Crippen molar-refractivity contribution in [3.63, 3.8) is 0 Å². The molecular weight excluding hydrogens is 1040 g/mol. The van der Waals surface area contributed by atoms with Crippen LogP contribution in [0.25, 0.3) is 21.3 Å². The Balaban J connectivity index is 0.747. The number of nitrogens with one attached hydrogen (secondary N) is 4. The number of rotatable bonds is 21. The van der Waals surface area contributed by atoms with Crippen molar-refractivity contribution in [2.24, 2.45) is 5.41 Å². The second kappa shape index (κ2) is 25.9. The lowest BCUT2D eigenvalue weighted by molar-refractivity contribution is -0.144. The highest BCUT2D eigenvalue weighted by molar-refractivity contribution is 7.13. The standard InChI is InChI=1S/C58H66ClFN10O7S/c1-6-50(72)66-47-30-43-46(62-34-63-55(43)65-41-18-19-45(60)44(59)28-41)31-49(47)77-27-7-22-68-23-25-69(26-24-68)52(74)21-15-38-10-8-37(9-11-38)14-20-51(73)67-54(58(3,4)5)57(76)70-33-42(71)29-48(70)56(75)61-32-39-12-16-40(17-13-39)53-36(2)64-35-78-53/h6,8-13,16-19,28,30-31,34-35,42,48,54,71H,1,7,14-15,20-27,29,32-33H2,2-5H3,(H,61,75)(H,66,72)(H,67,73)(H,62,63,65)/t42-,48+,54-/m1/s1. The van der Waals surface area contributed by atoms with Crippen LogP contribution in [0.1, 0.15) is 68.8 Å². The molecule has 3 atom stereocenters. The van der Waals surface area contributed by atoms with Crippen molar-refractivity contribution in [3.8, 4) is 16.2 Å². The van der Waals surface area contributed by atoms with Gasteiger partial charge in [-0.05, 0) is 84.2 Å². The van der Waals surface area contributed by atoms with Crippen molar-refractivity contribution in [2.75, 3.05) is 56.5 Å². The SMILES string of the molecule is C=CC(=O)Nc1cc2c(Nc3ccc(F)c(Cl)c3)ncnc2cc1OCCCN1CCN(C(=O)CCc2ccc(CCC(=O)N[C@H](C(=O)N3C[C@H](O)C[C@H]3C(=O)NCc3ccc(-c4scnc4C)cc3)C(C)(C)C)cc2)CC1. The summed E-state index contributed by atoms with van der Waals surface area (Å²) in [5.74, 6) is -1.09. The number of thiazole rings is 1. The Hall–Kier alpha value is -7.32. The van der Waals surface area contributed by atoms with Crippen LogP contribution in [0, 0.1) is 18.2 Å². The van der Waals surface area contributed by atoms with E-state index in [9.17, 15) is 33.5 Å². The van der Waals surface area contributed by atoms with Crippen molar-refractivity contribution >= 4 is 80.6 Å². The topological polar surface area (TPSA) is 211 Å². The highest BCUT2D eigenvalue weighted by Crippen LogP contribution is 2.35. The number of halogens is 2. The molecule has 2 saturated heterocycles. The molecule has 20 heteroatoms. The van der Waals surface area contributed by atoms with Crippen LogP contribution in [-0.4, -0.2) is 128 Å². The van der Waals surface area contributed by atoms with Gasteiger partial charge in [0.15, 0.2) is 0 Å². The lowest BCUT2D eigenvalue weighted by atomic mass is 9.85. The third-order valence-electron chi connectivity index (χ3n) is 14.0. The molecule has 2 aliphatic rings. The molecule has 0 bridgehead atoms. The number of aromatic nitrogens is 3. The largest absolute Gasteiger partial charge is 0.491 e. The quantitative estimate of drug-likeness (QED) is 0.0343. The second-order valence-corrected chi connectivity index (χ2v) is 22.0. The number of likely N-dealkylation sites (tertiary alicyclic amines) is 1. The lowest BCUT2D eigenvalue weighted by Crippen LogP contribution is -2.57. The maximum Gasteiger partial charge on any atom is 0.247 e. The number of ether oxygens (including phenoxy) is 1. The average Bonchev–Trinajstić information content (AvgIpc) is 4.08. The Kier molecular flexibility index (Phi) is 18.9. The van der Waals surface area contributed by atoms with E-state index in [0.29, 0.717) is 79.2 Å². The van der Waals surface area contributed by atoms with E-state index in [-0.39, 0.29) is 48.7 Å². The normalized spacial score (nSPS) is 16.1. The number of hydrogen-bond donors (Lipinski definition) is 5. The van der Waals surface area contributed by atoms with Gasteiger partial charge >= 0.3 is 0 Å². The summed E-state index contributed by atoms with van der Waals surface area (Å²) in [6.07, 6.45) is 4.01. The van der Waals surface area contributed by atoms with Gasteiger partial charge in [-0.2, -0.15) is 0 Å². The number of aliphatic hydroxyl groups is 1. The Morgan fingerprint density at radius 1 is 0.923 bits per heavy atom. The smallest absolute Gasteiger partial charge is 0.247 e. The van der Waals surface area contributed by atoms with Gasteiger partial charge in [0, 0.05) is 82.2 Å². The Labute approximate surface area is 462 Å². The average molecular weight is 1100 g/mol. The lowest BCUT2D eigenvalue weighted by Gasteiger charge is -2.35. The van der Waals surface area contributed by atoms with Crippen LogP contribution in [0.3, 0.4) is 0 Å². The zero-order chi connectivity index (χ0) is 55.5. The summed E-state index contributed by atoms with van der Waals surface area (Å²) in [6.45, 7) is 15.2. The van der Waals surface area contributed by atoms with Crippen molar-refractivity contribution in [1.29, 1.82) is 0 Å². The number of carbonyl (C=O) groups is 5. The van der Waals surface area contributed by atoms with E-state index in [1.165, 1.54) is 35.5 Å². The van der Waals surface area contributed by atoms with Gasteiger partial charge in [-0.15, -0.1) is 11.3 Å². The molecule has 78 heavy (non-hydrogen) atoms. The van der Waals surface area contributed by atoms with Gasteiger partial charge in [-0.3, -0.25) is 28.9 Å². The van der Waals surface area contributed by atoms with Crippen LogP contribution in [0.15, 0.2) is 103 Å². The number of benzene rings is 4. The maximum absolute atomic E-state index is 14.1. The van der Waals surface area contributed by atoms with E-state index >= 15 is 0 Å². The minimum atomic E-state index is -0.929. The summed E-state index contributed by atoms with van der Waals surface area (Å²) >= 11 is 7.56. The first-order chi connectivity index (χ1) is 37.4. The highest BCUT2D eigenvalue weighted by atomic mass is 35.5. The minimum absolute atomic E-state index is 0.00878. The van der Waals surface area contributed by atoms with E-state index in [2.05, 4.69) is 47.7 Å². The Morgan fingerprint density at radius 2 is 1.63 bits per heavy atom. The summed E-state index contributed by atoms with van der Waals surface area (Å²) in [6, 6.07) is 21.6. The van der Waals surface area contributed by atoms with Crippen molar-refractivity contribution < 1.29 is 38.2 Å². The molecule has 5 N–H and O–H groups in total. The number of piperazine rings is 1. The molecule has 0 aliphatic carbocycles. The molecule has 4 heterocycles. The maximum atomic E-state index is 14.1. The second-order valence-electron chi connectivity index (χ2n) is 20.7. The van der Waals surface area contributed by atoms with Crippen molar-refractivity contribution in [1.82, 2.24) is 40.3 Å². The first kappa shape index (κ1) is 56.9. The van der Waals surface area contributed by atoms with Gasteiger partial charge in [0.05, 0.1) is 45.0 Å². The number of nitrogens with zero attached hydrogens (tertiary/aromatic N) is 6. The van der Waals surface area contributed by atoms with Gasteiger partial charge in [0.25, 0.3) is 0 Å². The highest BCUT2D eigenvalue weighted by Gasteiger charge is 2.44. The molecule has 4 aromatic carbocycles. The number of β-amino-alcohol motifs (C(OH)–C–C–N with tert-alkyl or cyclic N) is 1. The molecule has 5 amide bonds. The first-order valence-corrected chi connectivity index (χ1v) is 27.4. The fourth-order valence-corrected chi connectivity index (χ4v) is 10.5. The zero-order valence-corrected chi connectivity index (χ0v) is 45.9. The molecule has 0 radical (unpaired) electrons. The molecule has 6 aromatic rings. The molecule has 8 rings (SSSR count). The van der Waals surface area contributed by atoms with Gasteiger partial charge in [-0.25, -0.2) is 19.3 Å². The van der Waals surface area contributed by atoms with Crippen LogP contribution in [0.5, 0.6) is 5.75 Å². The summed E-state index contributed by atoms with van der Waals surface area (Å²) in [5, 5.41) is 23.0. The van der Waals surface area contributed by atoms with E-state index < -0.39 is 41.2 Å². The predicted molar refractivity (Wildman–Crippen MR) is 301 cm³/mol. The van der Waals surface area contributed by atoms with Crippen molar-refractivity contribution in [2.45, 2.75) is 91.0 Å². The van der Waals surface area contributed by atoms with E-state index in [1.54, 1.807) is 23.5 Å². The number of aryl methyl sites for hydroxylation is 3. The fourth-order valence-electron chi connectivity index (χ4n) is 9.54. The Bertz CT molecular complexity index is 3130. The van der Waals surface area contributed by atoms with Crippen LogP contribution in [0.2, 0.25) is 5.02 Å². The number of fused-ring (bicyclic) bond motifs is 1. The van der Waals surface area contributed by atoms with Crippen LogP contribution in [-0.2, 0) is 43.4 Å². The Morgan fingerprint density at radius 3 is 2.29 bits per heavy atom. The molecule has 2 fully saturated rings. The third kappa shape index (κ3) is 14.8. The molecule has 17 nitrogen and oxygen atoms in total. The van der Waals surface area contributed by atoms with Crippen LogP contribution < -0.4 is 26.0 Å². The molecule has 2 aliphatic heterocycles. The summed E-state index contributed by atoms with van der Waals surface area (Å²) < 4.78 is 20.0. The van der Waals surface area contributed by atoms with E-state index in [1.807, 2.05) is 86.6 Å². The van der Waals surface area contributed by atoms with Crippen molar-refractivity contribution in [3.05, 3.63) is 137 Å². The summed E-state index contributed by atoms with van der Waals surface area (Å²) in [7, 11) is 0. The van der Waals surface area contributed by atoms with Gasteiger partial charge in [0.1, 0.15) is 35.8 Å². The van der Waals surface area contributed by atoms with Gasteiger partial charge in [-0.1, -0.05) is 87.5 Å². The summed E-state index contributed by atoms with van der Waals surface area (Å²) in [5.41, 5.74) is 7.47. The summed E-state index contributed by atoms with van der Waals surface area (Å²) in [4.78, 5) is 86.6. The molecule has 0 unspecified atom stereocenters. The minimum Gasteiger partial charge on any atom is -0.491 e. The number of carbonyl (C=O) groups excluding carboxylic acids is 5. The fraction of sp³-hybridized carbons (Fsp3) is 0.379. The molecule has 0 spiro atoms. The third-order valence-corrected chi connectivity index (χ3v) is 15.2. The zero-order valence-electron chi connectivity index (χ0n) is 44.3. The molecule has 410 valence electrons. The van der Waals surface area contributed by atoms with Crippen LogP contribution in [0.4, 0.5) is 21.6 Å². The number of anilines is 3. The number of hydrogen-bond acceptors (Lipinski definition) is 13. The predicted octanol–water partition coefficient (Wildman–Crippen LogP) is 8.01. The molecule has 2 aromatic heterocycles. The van der Waals surface area contributed by atoms with Crippen LogP contribution >= 0.6 is 22.9 Å². The number of amides is 5. The monoisotopic (exact) mass is 1100 g/mol. The van der Waals surface area contributed by atoms with Gasteiger partial charge < -0.3 is 40.9 Å². The van der Waals surface area contributed by atoms with E-state index in [4.69, 9.17) is 16.3 Å². The van der Waals surface area contributed by atoms with E-state index in [0.717, 1.165) is 52.5 Å².